The van der Waals surface area contributed by atoms with Crippen molar-refractivity contribution in [3.8, 4) is 17.0 Å². The zero-order valence-corrected chi connectivity index (χ0v) is 14.1. The number of carbonyl (C=O) groups is 1. The van der Waals surface area contributed by atoms with E-state index in [2.05, 4.69) is 16.9 Å². The minimum Gasteiger partial charge on any atom is -0.426 e. The van der Waals surface area contributed by atoms with E-state index in [1.165, 1.54) is 6.92 Å². The minimum absolute atomic E-state index is 0.366. The van der Waals surface area contributed by atoms with Gasteiger partial charge in [-0.15, -0.1) is 11.7 Å². The van der Waals surface area contributed by atoms with E-state index < -0.39 is 0 Å². The summed E-state index contributed by atoms with van der Waals surface area (Å²) in [5, 5.41) is 8.44. The second-order valence-corrected chi connectivity index (χ2v) is 5.70. The standard InChI is InChI=1S/C20H19N3O2/c1-3-7-16-10-11-20(25-15(2)24)18(12-16)19-14-23(22-21-19)13-17-8-5-4-6-9-17/h3-6,8-12,14H,1,7,13H2,2H3. The third-order valence-electron chi connectivity index (χ3n) is 3.68. The number of hydrogen-bond donors (Lipinski definition) is 0. The van der Waals surface area contributed by atoms with Crippen LogP contribution in [0.4, 0.5) is 0 Å². The Bertz CT molecular complexity index is 885. The third kappa shape index (κ3) is 4.20. The highest BCUT2D eigenvalue weighted by Crippen LogP contribution is 2.30. The Kier molecular flexibility index (Phi) is 5.04. The van der Waals surface area contributed by atoms with Gasteiger partial charge in [-0.25, -0.2) is 4.68 Å². The van der Waals surface area contributed by atoms with E-state index >= 15 is 0 Å². The van der Waals surface area contributed by atoms with Crippen molar-refractivity contribution < 1.29 is 9.53 Å². The molecule has 0 saturated heterocycles. The molecule has 3 aromatic rings. The van der Waals surface area contributed by atoms with Gasteiger partial charge in [-0.3, -0.25) is 4.79 Å². The summed E-state index contributed by atoms with van der Waals surface area (Å²) in [4.78, 5) is 11.4. The van der Waals surface area contributed by atoms with Crippen molar-refractivity contribution >= 4 is 5.97 Å². The molecule has 0 radical (unpaired) electrons. The fourth-order valence-corrected chi connectivity index (χ4v) is 2.58. The van der Waals surface area contributed by atoms with Crippen LogP contribution in [-0.4, -0.2) is 21.0 Å². The summed E-state index contributed by atoms with van der Waals surface area (Å²) in [6.45, 7) is 5.77. The number of ether oxygens (including phenoxy) is 1. The quantitative estimate of drug-likeness (QED) is 0.392. The number of esters is 1. The molecular formula is C20H19N3O2. The number of rotatable bonds is 6. The smallest absolute Gasteiger partial charge is 0.308 e. The van der Waals surface area contributed by atoms with Crippen LogP contribution in [0.1, 0.15) is 18.1 Å². The molecule has 0 aliphatic rings. The number of hydrogen-bond acceptors (Lipinski definition) is 4. The van der Waals surface area contributed by atoms with Crippen LogP contribution >= 0.6 is 0 Å². The maximum absolute atomic E-state index is 11.4. The molecule has 0 aliphatic heterocycles. The number of aromatic nitrogens is 3. The van der Waals surface area contributed by atoms with Gasteiger partial charge < -0.3 is 4.74 Å². The molecular weight excluding hydrogens is 314 g/mol. The Labute approximate surface area is 146 Å². The van der Waals surface area contributed by atoms with Gasteiger partial charge >= 0.3 is 5.97 Å². The minimum atomic E-state index is -0.366. The van der Waals surface area contributed by atoms with Crippen LogP contribution in [0.5, 0.6) is 5.75 Å². The van der Waals surface area contributed by atoms with Crippen molar-refractivity contribution in [3.63, 3.8) is 0 Å². The molecule has 0 spiro atoms. The third-order valence-corrected chi connectivity index (χ3v) is 3.68. The topological polar surface area (TPSA) is 57.0 Å². The van der Waals surface area contributed by atoms with E-state index in [1.807, 2.05) is 54.7 Å². The number of allylic oxidation sites excluding steroid dienone is 1. The fourth-order valence-electron chi connectivity index (χ4n) is 2.58. The molecule has 0 unspecified atom stereocenters. The van der Waals surface area contributed by atoms with Crippen LogP contribution in [0.25, 0.3) is 11.3 Å². The van der Waals surface area contributed by atoms with E-state index in [4.69, 9.17) is 4.74 Å². The fraction of sp³-hybridized carbons (Fsp3) is 0.150. The average molecular weight is 333 g/mol. The molecule has 2 aromatic carbocycles. The van der Waals surface area contributed by atoms with Crippen LogP contribution in [0.15, 0.2) is 67.4 Å². The van der Waals surface area contributed by atoms with Gasteiger partial charge in [0, 0.05) is 12.5 Å². The van der Waals surface area contributed by atoms with Crippen LogP contribution < -0.4 is 4.74 Å². The van der Waals surface area contributed by atoms with Crippen LogP contribution in [0.2, 0.25) is 0 Å². The number of nitrogens with zero attached hydrogens (tertiary/aromatic N) is 3. The van der Waals surface area contributed by atoms with Gasteiger partial charge in [0.2, 0.25) is 0 Å². The zero-order valence-electron chi connectivity index (χ0n) is 14.1. The predicted octanol–water partition coefficient (Wildman–Crippen LogP) is 3.65. The highest BCUT2D eigenvalue weighted by Gasteiger charge is 2.13. The lowest BCUT2D eigenvalue weighted by Crippen LogP contribution is -2.03. The average Bonchev–Trinajstić information content (AvgIpc) is 3.05. The molecule has 3 rings (SSSR count). The second kappa shape index (κ2) is 7.57. The van der Waals surface area contributed by atoms with Crippen molar-refractivity contribution in [2.45, 2.75) is 19.9 Å². The predicted molar refractivity (Wildman–Crippen MR) is 96.2 cm³/mol. The maximum Gasteiger partial charge on any atom is 0.308 e. The molecule has 0 N–H and O–H groups in total. The Morgan fingerprint density at radius 1 is 1.20 bits per heavy atom. The van der Waals surface area contributed by atoms with E-state index in [9.17, 15) is 4.79 Å². The first-order valence-corrected chi connectivity index (χ1v) is 8.02. The number of benzene rings is 2. The molecule has 5 nitrogen and oxygen atoms in total. The summed E-state index contributed by atoms with van der Waals surface area (Å²) in [5.74, 6) is 0.112. The maximum atomic E-state index is 11.4. The van der Waals surface area contributed by atoms with Crippen LogP contribution in [0.3, 0.4) is 0 Å². The van der Waals surface area contributed by atoms with Crippen molar-refractivity contribution in [1.29, 1.82) is 0 Å². The highest BCUT2D eigenvalue weighted by molar-refractivity contribution is 5.75. The monoisotopic (exact) mass is 333 g/mol. The summed E-state index contributed by atoms with van der Waals surface area (Å²) in [6, 6.07) is 15.7. The Morgan fingerprint density at radius 2 is 2.00 bits per heavy atom. The highest BCUT2D eigenvalue weighted by atomic mass is 16.5. The van der Waals surface area contributed by atoms with Gasteiger partial charge in [0.05, 0.1) is 12.7 Å². The summed E-state index contributed by atoms with van der Waals surface area (Å²) in [7, 11) is 0. The molecule has 0 aliphatic carbocycles. The first-order chi connectivity index (χ1) is 12.2. The second-order valence-electron chi connectivity index (χ2n) is 5.70. The van der Waals surface area contributed by atoms with Crippen LogP contribution in [0, 0.1) is 0 Å². The number of carbonyl (C=O) groups excluding carboxylic acids is 1. The molecule has 0 saturated carbocycles. The lowest BCUT2D eigenvalue weighted by Gasteiger charge is -2.08. The van der Waals surface area contributed by atoms with Gasteiger partial charge in [-0.05, 0) is 29.7 Å². The molecule has 1 aromatic heterocycles. The van der Waals surface area contributed by atoms with E-state index in [0.29, 0.717) is 18.0 Å². The zero-order chi connectivity index (χ0) is 17.6. The van der Waals surface area contributed by atoms with E-state index in [1.54, 1.807) is 10.7 Å². The van der Waals surface area contributed by atoms with Gasteiger partial charge in [-0.1, -0.05) is 47.7 Å². The largest absolute Gasteiger partial charge is 0.426 e. The first-order valence-electron chi connectivity index (χ1n) is 8.02. The summed E-state index contributed by atoms with van der Waals surface area (Å²) >= 11 is 0. The molecule has 25 heavy (non-hydrogen) atoms. The van der Waals surface area contributed by atoms with Gasteiger partial charge in [-0.2, -0.15) is 0 Å². The van der Waals surface area contributed by atoms with Crippen molar-refractivity contribution in [2.75, 3.05) is 0 Å². The molecule has 1 heterocycles. The van der Waals surface area contributed by atoms with Gasteiger partial charge in [0.25, 0.3) is 0 Å². The normalized spacial score (nSPS) is 10.4. The summed E-state index contributed by atoms with van der Waals surface area (Å²) in [5.41, 5.74) is 3.62. The van der Waals surface area contributed by atoms with Gasteiger partial charge in [0.1, 0.15) is 11.4 Å². The Morgan fingerprint density at radius 3 is 2.72 bits per heavy atom. The first kappa shape index (κ1) is 16.6. The lowest BCUT2D eigenvalue weighted by molar-refractivity contribution is -0.131. The van der Waals surface area contributed by atoms with Crippen molar-refractivity contribution in [1.82, 2.24) is 15.0 Å². The molecule has 126 valence electrons. The molecule has 0 fully saturated rings. The molecule has 0 bridgehead atoms. The van der Waals surface area contributed by atoms with Crippen LogP contribution in [-0.2, 0) is 17.8 Å². The summed E-state index contributed by atoms with van der Waals surface area (Å²) < 4.78 is 7.08. The van der Waals surface area contributed by atoms with E-state index in [0.717, 1.165) is 23.1 Å². The molecule has 0 atom stereocenters. The van der Waals surface area contributed by atoms with Gasteiger partial charge in [0.15, 0.2) is 0 Å². The van der Waals surface area contributed by atoms with Crippen molar-refractivity contribution in [2.24, 2.45) is 0 Å². The van der Waals surface area contributed by atoms with E-state index in [-0.39, 0.29) is 5.97 Å². The summed E-state index contributed by atoms with van der Waals surface area (Å²) in [6.07, 6.45) is 4.41. The van der Waals surface area contributed by atoms with Crippen molar-refractivity contribution in [3.05, 3.63) is 78.5 Å². The molecule has 0 amide bonds. The Hall–Kier alpha value is -3.21. The lowest BCUT2D eigenvalue weighted by atomic mass is 10.1. The Balaban J connectivity index is 1.93. The molecule has 5 heteroatoms. The SMILES string of the molecule is C=CCc1ccc(OC(C)=O)c(-c2cn(Cc3ccccc3)nn2)c1.